The largest absolute Gasteiger partial charge is 0.489 e. The van der Waals surface area contributed by atoms with Gasteiger partial charge in [-0.15, -0.1) is 11.3 Å². The van der Waals surface area contributed by atoms with Crippen LogP contribution in [0.15, 0.2) is 41.9 Å². The molecule has 0 radical (unpaired) electrons. The summed E-state index contributed by atoms with van der Waals surface area (Å²) in [7, 11) is 3.68. The molecule has 0 bridgehead atoms. The molecule has 0 saturated carbocycles. The predicted octanol–water partition coefficient (Wildman–Crippen LogP) is 3.95. The summed E-state index contributed by atoms with van der Waals surface area (Å²) >= 11 is 1.45. The fourth-order valence-electron chi connectivity index (χ4n) is 2.65. The van der Waals surface area contributed by atoms with Crippen molar-refractivity contribution in [1.29, 1.82) is 0 Å². The molecule has 1 aromatic carbocycles. The van der Waals surface area contributed by atoms with E-state index in [1.807, 2.05) is 44.5 Å². The summed E-state index contributed by atoms with van der Waals surface area (Å²) in [5.74, 6) is 0.895. The summed E-state index contributed by atoms with van der Waals surface area (Å²) in [5.41, 5.74) is 4.28. The van der Waals surface area contributed by atoms with E-state index in [1.165, 1.54) is 16.9 Å². The molecule has 0 fully saturated rings. The molecule has 6 heteroatoms. The summed E-state index contributed by atoms with van der Waals surface area (Å²) in [6.45, 7) is 5.07. The highest BCUT2D eigenvalue weighted by Gasteiger charge is 2.16. The minimum absolute atomic E-state index is 0.00851. The molecule has 136 valence electrons. The molecule has 1 amide bonds. The fraction of sp³-hybridized carbons (Fsp3) is 0.300. The van der Waals surface area contributed by atoms with E-state index in [0.29, 0.717) is 18.0 Å². The number of thiophene rings is 1. The second-order valence-electron chi connectivity index (χ2n) is 6.48. The van der Waals surface area contributed by atoms with E-state index >= 15 is 0 Å². The van der Waals surface area contributed by atoms with E-state index in [2.05, 4.69) is 17.2 Å². The summed E-state index contributed by atoms with van der Waals surface area (Å²) in [4.78, 5) is 15.1. The number of amides is 1. The van der Waals surface area contributed by atoms with Gasteiger partial charge in [0.25, 0.3) is 5.91 Å². The van der Waals surface area contributed by atoms with Crippen LogP contribution in [0.4, 0.5) is 0 Å². The molecular formula is C20H23N3O2S. The number of carbonyl (C=O) groups is 1. The maximum Gasteiger partial charge on any atom is 0.264 e. The molecule has 5 nitrogen and oxygen atoms in total. The van der Waals surface area contributed by atoms with Gasteiger partial charge >= 0.3 is 0 Å². The maximum atomic E-state index is 12.6. The predicted molar refractivity (Wildman–Crippen MR) is 104 cm³/mol. The van der Waals surface area contributed by atoms with Crippen LogP contribution in [-0.2, 0) is 20.2 Å². The van der Waals surface area contributed by atoms with E-state index in [4.69, 9.17) is 4.74 Å². The maximum absolute atomic E-state index is 12.6. The Balaban J connectivity index is 1.62. The lowest BCUT2D eigenvalue weighted by Crippen LogP contribution is -2.26. The van der Waals surface area contributed by atoms with Crippen LogP contribution in [0.2, 0.25) is 0 Å². The minimum Gasteiger partial charge on any atom is -0.489 e. The van der Waals surface area contributed by atoms with Crippen molar-refractivity contribution < 1.29 is 9.53 Å². The molecule has 3 rings (SSSR count). The minimum atomic E-state index is 0.00851. The molecule has 2 aromatic heterocycles. The van der Waals surface area contributed by atoms with Crippen LogP contribution in [0.1, 0.15) is 32.1 Å². The Morgan fingerprint density at radius 3 is 2.81 bits per heavy atom. The normalized spacial score (nSPS) is 10.8. The molecular weight excluding hydrogens is 346 g/mol. The Morgan fingerprint density at radius 1 is 1.27 bits per heavy atom. The fourth-order valence-corrected chi connectivity index (χ4v) is 3.54. The molecule has 0 spiro atoms. The first-order valence-corrected chi connectivity index (χ1v) is 9.32. The number of aromatic nitrogens is 2. The van der Waals surface area contributed by atoms with Crippen LogP contribution in [0.25, 0.3) is 0 Å². The third kappa shape index (κ3) is 4.14. The third-order valence-electron chi connectivity index (χ3n) is 4.27. The first kappa shape index (κ1) is 18.2. The average molecular weight is 369 g/mol. The van der Waals surface area contributed by atoms with Gasteiger partial charge in [0.15, 0.2) is 0 Å². The Labute approximate surface area is 157 Å². The monoisotopic (exact) mass is 369 g/mol. The second-order valence-corrected chi connectivity index (χ2v) is 7.40. The Morgan fingerprint density at radius 2 is 2.08 bits per heavy atom. The molecule has 3 aromatic rings. The number of rotatable bonds is 6. The van der Waals surface area contributed by atoms with Crippen molar-refractivity contribution >= 4 is 17.2 Å². The molecule has 0 saturated heterocycles. The topological polar surface area (TPSA) is 47.4 Å². The number of hydrogen-bond acceptors (Lipinski definition) is 4. The van der Waals surface area contributed by atoms with Crippen molar-refractivity contribution in [3.05, 3.63) is 69.2 Å². The zero-order valence-electron chi connectivity index (χ0n) is 15.5. The van der Waals surface area contributed by atoms with Gasteiger partial charge in [0.05, 0.1) is 17.1 Å². The van der Waals surface area contributed by atoms with E-state index in [0.717, 1.165) is 22.6 Å². The lowest BCUT2D eigenvalue weighted by molar-refractivity contribution is 0.0786. The van der Waals surface area contributed by atoms with Gasteiger partial charge in [-0.05, 0) is 48.6 Å². The van der Waals surface area contributed by atoms with Gasteiger partial charge in [-0.25, -0.2) is 0 Å². The van der Waals surface area contributed by atoms with Gasteiger partial charge in [-0.1, -0.05) is 12.1 Å². The number of aryl methyl sites for hydroxylation is 3. The van der Waals surface area contributed by atoms with E-state index in [-0.39, 0.29) is 5.91 Å². The number of benzene rings is 1. The van der Waals surface area contributed by atoms with Crippen molar-refractivity contribution in [1.82, 2.24) is 14.7 Å². The molecule has 0 aliphatic heterocycles. The summed E-state index contributed by atoms with van der Waals surface area (Å²) in [6.07, 6.45) is 1.74. The molecule has 26 heavy (non-hydrogen) atoms. The molecule has 0 unspecified atom stereocenters. The van der Waals surface area contributed by atoms with Gasteiger partial charge in [-0.3, -0.25) is 9.48 Å². The van der Waals surface area contributed by atoms with E-state index in [1.54, 1.807) is 22.8 Å². The standard InChI is InChI=1S/C20H23N3O2S/c1-14-5-6-15(2)18(9-14)25-12-16-10-19(26-13-16)20(24)22(3)11-17-7-8-21-23(17)4/h5-10,13H,11-12H2,1-4H3. The zero-order chi connectivity index (χ0) is 18.7. The SMILES string of the molecule is Cc1ccc(C)c(OCc2csc(C(=O)N(C)Cc3ccnn3C)c2)c1. The van der Waals surface area contributed by atoms with Gasteiger partial charge in [0.2, 0.25) is 0 Å². The summed E-state index contributed by atoms with van der Waals surface area (Å²) in [5, 5.41) is 6.12. The van der Waals surface area contributed by atoms with Crippen LogP contribution in [0.3, 0.4) is 0 Å². The lowest BCUT2D eigenvalue weighted by Gasteiger charge is -2.16. The van der Waals surface area contributed by atoms with E-state index in [9.17, 15) is 4.79 Å². The molecule has 0 atom stereocenters. The van der Waals surface area contributed by atoms with Gasteiger partial charge in [0, 0.05) is 25.9 Å². The number of nitrogens with zero attached hydrogens (tertiary/aromatic N) is 3. The highest BCUT2D eigenvalue weighted by molar-refractivity contribution is 7.12. The number of carbonyl (C=O) groups excluding carboxylic acids is 1. The second kappa shape index (κ2) is 7.74. The smallest absolute Gasteiger partial charge is 0.264 e. The first-order chi connectivity index (χ1) is 12.4. The van der Waals surface area contributed by atoms with Crippen molar-refractivity contribution in [2.24, 2.45) is 7.05 Å². The van der Waals surface area contributed by atoms with Crippen molar-refractivity contribution in [3.8, 4) is 5.75 Å². The highest BCUT2D eigenvalue weighted by atomic mass is 32.1. The van der Waals surface area contributed by atoms with Crippen molar-refractivity contribution in [2.45, 2.75) is 27.0 Å². The quantitative estimate of drug-likeness (QED) is 0.661. The summed E-state index contributed by atoms with van der Waals surface area (Å²) in [6, 6.07) is 10.00. The Bertz CT molecular complexity index is 913. The molecule has 0 N–H and O–H groups in total. The Kier molecular flexibility index (Phi) is 5.42. The number of ether oxygens (including phenoxy) is 1. The van der Waals surface area contributed by atoms with Crippen molar-refractivity contribution in [2.75, 3.05) is 7.05 Å². The van der Waals surface area contributed by atoms with Crippen LogP contribution < -0.4 is 4.74 Å². The van der Waals surface area contributed by atoms with Crippen LogP contribution in [0.5, 0.6) is 5.75 Å². The van der Waals surface area contributed by atoms with Crippen LogP contribution >= 0.6 is 11.3 Å². The molecule has 2 heterocycles. The zero-order valence-corrected chi connectivity index (χ0v) is 16.3. The molecule has 0 aliphatic carbocycles. The number of hydrogen-bond donors (Lipinski definition) is 0. The van der Waals surface area contributed by atoms with Crippen LogP contribution in [0, 0.1) is 13.8 Å². The van der Waals surface area contributed by atoms with E-state index < -0.39 is 0 Å². The Hall–Kier alpha value is -2.60. The summed E-state index contributed by atoms with van der Waals surface area (Å²) < 4.78 is 7.71. The lowest BCUT2D eigenvalue weighted by atomic mass is 10.1. The van der Waals surface area contributed by atoms with Crippen molar-refractivity contribution in [3.63, 3.8) is 0 Å². The third-order valence-corrected chi connectivity index (χ3v) is 5.24. The van der Waals surface area contributed by atoms with Gasteiger partial charge in [0.1, 0.15) is 12.4 Å². The van der Waals surface area contributed by atoms with Gasteiger partial charge < -0.3 is 9.64 Å². The van der Waals surface area contributed by atoms with Gasteiger partial charge in [-0.2, -0.15) is 5.10 Å². The highest BCUT2D eigenvalue weighted by Crippen LogP contribution is 2.23. The first-order valence-electron chi connectivity index (χ1n) is 8.44. The average Bonchev–Trinajstić information content (AvgIpc) is 3.24. The van der Waals surface area contributed by atoms with Crippen LogP contribution in [-0.4, -0.2) is 27.6 Å². The molecule has 0 aliphatic rings.